The van der Waals surface area contributed by atoms with Gasteiger partial charge in [0.05, 0.1) is 24.0 Å². The minimum absolute atomic E-state index is 0.0443. The number of ketones is 1. The van der Waals surface area contributed by atoms with Crippen LogP contribution in [0, 0.1) is 5.82 Å². The number of para-hydroxylation sites is 2. The summed E-state index contributed by atoms with van der Waals surface area (Å²) in [6.07, 6.45) is 2.12. The van der Waals surface area contributed by atoms with Crippen LogP contribution in [0.15, 0.2) is 77.3 Å². The average molecular weight is 448 g/mol. The van der Waals surface area contributed by atoms with Crippen molar-refractivity contribution in [3.8, 4) is 0 Å². The summed E-state index contributed by atoms with van der Waals surface area (Å²) in [4.78, 5) is 29.2. The second-order valence-corrected chi connectivity index (χ2v) is 8.89. The molecule has 162 valence electrons. The molecule has 1 aliphatic heterocycles. The lowest BCUT2D eigenvalue weighted by atomic mass is 9.88. The minimum Gasteiger partial charge on any atom is -0.357 e. The number of amides is 1. The molecular weight excluding hydrogens is 425 g/mol. The summed E-state index contributed by atoms with van der Waals surface area (Å²) >= 11 is 1.58. The van der Waals surface area contributed by atoms with Gasteiger partial charge in [0.2, 0.25) is 5.91 Å². The van der Waals surface area contributed by atoms with Crippen LogP contribution < -0.4 is 15.5 Å². The Balaban J connectivity index is 1.57. The van der Waals surface area contributed by atoms with Crippen molar-refractivity contribution in [1.82, 2.24) is 0 Å². The Morgan fingerprint density at radius 2 is 1.91 bits per heavy atom. The van der Waals surface area contributed by atoms with Gasteiger partial charge in [0, 0.05) is 28.3 Å². The second kappa shape index (κ2) is 8.59. The number of Topliss-reactive ketones (excluding diaryl/α,β-unsaturated/α-hetero) is 1. The highest BCUT2D eigenvalue weighted by molar-refractivity contribution is 7.10. The number of hydrogen-bond donors (Lipinski definition) is 2. The third-order valence-electron chi connectivity index (χ3n) is 5.79. The van der Waals surface area contributed by atoms with E-state index in [1.807, 2.05) is 46.7 Å². The van der Waals surface area contributed by atoms with Crippen LogP contribution in [0.1, 0.15) is 30.2 Å². The first-order valence-corrected chi connectivity index (χ1v) is 11.5. The number of nitrogens with zero attached hydrogens (tertiary/aromatic N) is 1. The SMILES string of the molecule is O=C(CN1c2ccccc2NC2=C(C(=O)CCC2)[C@@H]1c1cccs1)Nc1ccc(F)cc1. The molecule has 5 rings (SSSR count). The molecule has 32 heavy (non-hydrogen) atoms. The van der Waals surface area contributed by atoms with Crippen LogP contribution in [-0.2, 0) is 9.59 Å². The van der Waals surface area contributed by atoms with Gasteiger partial charge in [-0.05, 0) is 60.7 Å². The van der Waals surface area contributed by atoms with E-state index in [1.165, 1.54) is 24.3 Å². The zero-order valence-electron chi connectivity index (χ0n) is 17.3. The van der Waals surface area contributed by atoms with Crippen LogP contribution in [-0.4, -0.2) is 18.2 Å². The molecule has 0 unspecified atom stereocenters. The number of rotatable bonds is 4. The molecule has 1 amide bonds. The third-order valence-corrected chi connectivity index (χ3v) is 6.72. The highest BCUT2D eigenvalue weighted by Crippen LogP contribution is 2.45. The topological polar surface area (TPSA) is 61.4 Å². The fourth-order valence-electron chi connectivity index (χ4n) is 4.41. The second-order valence-electron chi connectivity index (χ2n) is 7.91. The molecule has 0 saturated heterocycles. The molecular formula is C25H22FN3O2S. The molecule has 1 aromatic heterocycles. The number of thiophene rings is 1. The summed E-state index contributed by atoms with van der Waals surface area (Å²) in [5.74, 6) is -0.474. The largest absolute Gasteiger partial charge is 0.357 e. The van der Waals surface area contributed by atoms with E-state index in [2.05, 4.69) is 10.6 Å². The van der Waals surface area contributed by atoms with Crippen molar-refractivity contribution < 1.29 is 14.0 Å². The monoisotopic (exact) mass is 447 g/mol. The number of nitrogens with one attached hydrogen (secondary N) is 2. The number of carbonyl (C=O) groups is 2. The van der Waals surface area contributed by atoms with Gasteiger partial charge in [-0.3, -0.25) is 9.59 Å². The highest BCUT2D eigenvalue weighted by Gasteiger charge is 2.37. The van der Waals surface area contributed by atoms with Crippen molar-refractivity contribution in [2.45, 2.75) is 25.3 Å². The maximum Gasteiger partial charge on any atom is 0.243 e. The van der Waals surface area contributed by atoms with E-state index in [0.29, 0.717) is 12.1 Å². The number of halogens is 1. The molecule has 0 bridgehead atoms. The summed E-state index contributed by atoms with van der Waals surface area (Å²) in [5.41, 5.74) is 3.95. The van der Waals surface area contributed by atoms with E-state index >= 15 is 0 Å². The molecule has 7 heteroatoms. The van der Waals surface area contributed by atoms with Gasteiger partial charge in [0.1, 0.15) is 5.82 Å². The third kappa shape index (κ3) is 3.91. The van der Waals surface area contributed by atoms with Gasteiger partial charge >= 0.3 is 0 Å². The predicted octanol–water partition coefficient (Wildman–Crippen LogP) is 5.51. The Hall–Kier alpha value is -3.45. The number of fused-ring (bicyclic) bond motifs is 1. The van der Waals surface area contributed by atoms with Gasteiger partial charge in [0.25, 0.3) is 0 Å². The van der Waals surface area contributed by atoms with Gasteiger partial charge in [-0.1, -0.05) is 18.2 Å². The van der Waals surface area contributed by atoms with Crippen molar-refractivity contribution in [1.29, 1.82) is 0 Å². The van der Waals surface area contributed by atoms with E-state index in [0.717, 1.165) is 40.4 Å². The standard InChI is InChI=1S/C25H22FN3O2S/c26-16-10-12-17(13-11-16)27-23(31)15-29-20-7-2-1-5-18(20)28-19-6-3-8-21(30)24(19)25(29)22-9-4-14-32-22/h1-2,4-5,7,9-14,25,28H,3,6,8,15H2,(H,27,31)/t25-/m0/s1. The Morgan fingerprint density at radius 3 is 2.69 bits per heavy atom. The lowest BCUT2D eigenvalue weighted by molar-refractivity contribution is -0.117. The summed E-state index contributed by atoms with van der Waals surface area (Å²) in [6, 6.07) is 17.1. The number of allylic oxidation sites excluding steroid dienone is 1. The van der Waals surface area contributed by atoms with Crippen LogP contribution in [0.5, 0.6) is 0 Å². The van der Waals surface area contributed by atoms with E-state index in [4.69, 9.17) is 0 Å². The Bertz CT molecular complexity index is 1190. The molecule has 3 aromatic rings. The normalized spacial score (nSPS) is 17.8. The fraction of sp³-hybridized carbons (Fsp3) is 0.200. The molecule has 2 aliphatic rings. The van der Waals surface area contributed by atoms with Crippen LogP contribution in [0.4, 0.5) is 21.5 Å². The Kier molecular flexibility index (Phi) is 5.49. The summed E-state index contributed by atoms with van der Waals surface area (Å²) in [5, 5.41) is 8.33. The van der Waals surface area contributed by atoms with E-state index in [-0.39, 0.29) is 30.1 Å². The van der Waals surface area contributed by atoms with Crippen molar-refractivity contribution in [3.05, 3.63) is 88.0 Å². The first-order valence-electron chi connectivity index (χ1n) is 10.6. The zero-order valence-corrected chi connectivity index (χ0v) is 18.1. The zero-order chi connectivity index (χ0) is 22.1. The maximum absolute atomic E-state index is 13.2. The Morgan fingerprint density at radius 1 is 1.09 bits per heavy atom. The van der Waals surface area contributed by atoms with Gasteiger partial charge in [-0.15, -0.1) is 11.3 Å². The van der Waals surface area contributed by atoms with Crippen LogP contribution >= 0.6 is 11.3 Å². The molecule has 5 nitrogen and oxygen atoms in total. The van der Waals surface area contributed by atoms with Crippen LogP contribution in [0.25, 0.3) is 0 Å². The predicted molar refractivity (Wildman–Crippen MR) is 125 cm³/mol. The Labute approximate surface area is 189 Å². The molecule has 0 saturated carbocycles. The fourth-order valence-corrected chi connectivity index (χ4v) is 5.25. The number of benzene rings is 2. The van der Waals surface area contributed by atoms with E-state index in [1.54, 1.807) is 11.3 Å². The molecule has 0 spiro atoms. The lowest BCUT2D eigenvalue weighted by Gasteiger charge is -2.34. The minimum atomic E-state index is -0.358. The van der Waals surface area contributed by atoms with Crippen LogP contribution in [0.2, 0.25) is 0 Å². The van der Waals surface area contributed by atoms with Crippen molar-refractivity contribution in [3.63, 3.8) is 0 Å². The molecule has 0 fully saturated rings. The smallest absolute Gasteiger partial charge is 0.243 e. The molecule has 1 atom stereocenters. The average Bonchev–Trinajstić information content (AvgIpc) is 3.27. The van der Waals surface area contributed by atoms with E-state index in [9.17, 15) is 14.0 Å². The maximum atomic E-state index is 13.2. The molecule has 2 aromatic carbocycles. The van der Waals surface area contributed by atoms with Crippen molar-refractivity contribution >= 4 is 40.1 Å². The van der Waals surface area contributed by atoms with E-state index < -0.39 is 0 Å². The summed E-state index contributed by atoms with van der Waals surface area (Å²) in [6.45, 7) is 0.0443. The summed E-state index contributed by atoms with van der Waals surface area (Å²) < 4.78 is 13.2. The van der Waals surface area contributed by atoms with Crippen molar-refractivity contribution in [2.75, 3.05) is 22.1 Å². The van der Waals surface area contributed by atoms with Crippen LogP contribution in [0.3, 0.4) is 0 Å². The molecule has 2 heterocycles. The molecule has 2 N–H and O–H groups in total. The molecule has 1 aliphatic carbocycles. The highest BCUT2D eigenvalue weighted by atomic mass is 32.1. The number of anilines is 3. The number of carbonyl (C=O) groups excluding carboxylic acids is 2. The summed E-state index contributed by atoms with van der Waals surface area (Å²) in [7, 11) is 0. The van der Waals surface area contributed by atoms with Gasteiger partial charge in [-0.25, -0.2) is 4.39 Å². The lowest BCUT2D eigenvalue weighted by Crippen LogP contribution is -2.38. The quantitative estimate of drug-likeness (QED) is 0.554. The first kappa shape index (κ1) is 20.5. The van der Waals surface area contributed by atoms with Gasteiger partial charge in [-0.2, -0.15) is 0 Å². The van der Waals surface area contributed by atoms with Gasteiger partial charge < -0.3 is 15.5 Å². The molecule has 0 radical (unpaired) electrons. The first-order chi connectivity index (χ1) is 15.6. The van der Waals surface area contributed by atoms with Crippen molar-refractivity contribution in [2.24, 2.45) is 0 Å². The number of hydrogen-bond acceptors (Lipinski definition) is 5. The van der Waals surface area contributed by atoms with Gasteiger partial charge in [0.15, 0.2) is 5.78 Å².